The smallest absolute Gasteiger partial charge is 0.358 e. The molecule has 0 unspecified atom stereocenters. The Morgan fingerprint density at radius 1 is 0.893 bits per heavy atom. The number of carbonyl (C=O) groups is 1. The molecule has 3 aromatic rings. The minimum absolute atomic E-state index is 0.175. The van der Waals surface area contributed by atoms with Gasteiger partial charge in [-0.2, -0.15) is 18.6 Å². The molecule has 8 nitrogen and oxygen atoms in total. The molecule has 10 heteroatoms. The summed E-state index contributed by atoms with van der Waals surface area (Å²) in [4.78, 5) is 16.0. The first-order chi connectivity index (χ1) is 13.4. The number of nitrogens with zero attached hydrogens (tertiary/aromatic N) is 3. The van der Waals surface area contributed by atoms with Crippen molar-refractivity contribution >= 4 is 33.5 Å². The lowest BCUT2D eigenvalue weighted by Gasteiger charge is -2.04. The molecule has 0 aliphatic carbocycles. The third kappa shape index (κ3) is 5.68. The molecule has 1 aromatic heterocycles. The van der Waals surface area contributed by atoms with Crippen LogP contribution in [0, 0.1) is 0 Å². The fraction of sp³-hybridized carbons (Fsp3) is 0. The molecule has 0 aliphatic heterocycles. The Morgan fingerprint density at radius 3 is 1.96 bits per heavy atom. The van der Waals surface area contributed by atoms with Crippen LogP contribution in [0.2, 0.25) is 0 Å². The van der Waals surface area contributed by atoms with E-state index in [9.17, 15) is 17.1 Å². The molecule has 2 aromatic carbocycles. The maximum atomic E-state index is 12.4. The average molecular weight is 400 g/mol. The lowest BCUT2D eigenvalue weighted by Crippen LogP contribution is -2.11. The largest absolute Gasteiger partial charge is 0.488 e. The van der Waals surface area contributed by atoms with Gasteiger partial charge in [-0.05, 0) is 60.7 Å². The summed E-state index contributed by atoms with van der Waals surface area (Å²) in [6.07, 6.45) is 3.16. The van der Waals surface area contributed by atoms with Crippen LogP contribution in [0.15, 0.2) is 83.3 Å². The van der Waals surface area contributed by atoms with E-state index in [0.29, 0.717) is 22.6 Å². The van der Waals surface area contributed by atoms with Crippen LogP contribution in [0.3, 0.4) is 0 Å². The van der Waals surface area contributed by atoms with Crippen LogP contribution in [0.25, 0.3) is 0 Å². The Balaban J connectivity index is 1.63. The van der Waals surface area contributed by atoms with Gasteiger partial charge in [-0.1, -0.05) is 3.89 Å². The van der Waals surface area contributed by atoms with Crippen molar-refractivity contribution in [3.8, 4) is 5.75 Å². The maximum Gasteiger partial charge on any atom is 0.488 e. The van der Waals surface area contributed by atoms with E-state index in [4.69, 9.17) is 0 Å². The Hall–Kier alpha value is -3.66. The summed E-state index contributed by atoms with van der Waals surface area (Å²) in [6.45, 7) is 0. The molecule has 0 radical (unpaired) electrons. The van der Waals surface area contributed by atoms with Crippen LogP contribution in [0.1, 0.15) is 10.4 Å². The fourth-order valence-electron chi connectivity index (χ4n) is 2.12. The zero-order chi connectivity index (χ0) is 20.0. The quantitative estimate of drug-likeness (QED) is 0.489. The average Bonchev–Trinajstić information content (AvgIpc) is 2.67. The van der Waals surface area contributed by atoms with Gasteiger partial charge in [0.05, 0.1) is 11.4 Å². The van der Waals surface area contributed by atoms with Gasteiger partial charge in [0.25, 0.3) is 5.91 Å². The number of carbonyl (C=O) groups excluding carboxylic acids is 1. The van der Waals surface area contributed by atoms with Crippen molar-refractivity contribution in [1.82, 2.24) is 4.98 Å². The molecule has 0 aliphatic rings. The van der Waals surface area contributed by atoms with Gasteiger partial charge in [-0.25, -0.2) is 0 Å². The standard InChI is InChI=1S/C18H13FN4O4S/c19-28(25,26)27-17-7-5-16(6-8-17)23-22-15-3-1-13(2-4-15)18(24)21-14-9-11-20-12-10-14/h1-12H,(H,20,21,24). The normalized spacial score (nSPS) is 11.3. The predicted octanol–water partition coefficient (Wildman–Crippen LogP) is 4.34. The lowest BCUT2D eigenvalue weighted by molar-refractivity contribution is 0.102. The topological polar surface area (TPSA) is 110 Å². The number of nitrogens with one attached hydrogen (secondary N) is 1. The number of hydrogen-bond acceptors (Lipinski definition) is 7. The number of amides is 1. The third-order valence-electron chi connectivity index (χ3n) is 3.38. The van der Waals surface area contributed by atoms with Gasteiger partial charge >= 0.3 is 10.5 Å². The molecular weight excluding hydrogens is 387 g/mol. The van der Waals surface area contributed by atoms with Gasteiger partial charge in [-0.15, -0.1) is 0 Å². The summed E-state index contributed by atoms with van der Waals surface area (Å²) in [6, 6.07) is 15.1. The second-order valence-corrected chi connectivity index (χ2v) is 6.36. The van der Waals surface area contributed by atoms with Crippen LogP contribution in [0.5, 0.6) is 5.75 Å². The van der Waals surface area contributed by atoms with E-state index in [2.05, 4.69) is 24.7 Å². The summed E-state index contributed by atoms with van der Waals surface area (Å²) in [5.41, 5.74) is 2.00. The molecule has 0 atom stereocenters. The number of aromatic nitrogens is 1. The highest BCUT2D eigenvalue weighted by molar-refractivity contribution is 7.81. The minimum atomic E-state index is -5.07. The van der Waals surface area contributed by atoms with Gasteiger partial charge in [0.2, 0.25) is 0 Å². The van der Waals surface area contributed by atoms with E-state index in [1.54, 1.807) is 48.8 Å². The monoisotopic (exact) mass is 400 g/mol. The summed E-state index contributed by atoms with van der Waals surface area (Å²) in [5.74, 6) is -0.445. The number of azo groups is 1. The van der Waals surface area contributed by atoms with Gasteiger partial charge in [0.15, 0.2) is 0 Å². The molecule has 1 N–H and O–H groups in total. The summed E-state index contributed by atoms with van der Waals surface area (Å²) >= 11 is 0. The molecule has 0 saturated carbocycles. The number of pyridine rings is 1. The van der Waals surface area contributed by atoms with Crippen molar-refractivity contribution in [2.45, 2.75) is 0 Å². The lowest BCUT2D eigenvalue weighted by atomic mass is 10.2. The van der Waals surface area contributed by atoms with E-state index in [-0.39, 0.29) is 11.7 Å². The highest BCUT2D eigenvalue weighted by atomic mass is 32.3. The van der Waals surface area contributed by atoms with Crippen molar-refractivity contribution < 1.29 is 21.3 Å². The van der Waals surface area contributed by atoms with Crippen LogP contribution in [-0.2, 0) is 10.5 Å². The van der Waals surface area contributed by atoms with Crippen LogP contribution >= 0.6 is 0 Å². The van der Waals surface area contributed by atoms with E-state index in [1.807, 2.05) is 0 Å². The van der Waals surface area contributed by atoms with Crippen LogP contribution in [0.4, 0.5) is 20.9 Å². The number of benzene rings is 2. The first kappa shape index (κ1) is 19.1. The van der Waals surface area contributed by atoms with E-state index in [1.165, 1.54) is 24.3 Å². The SMILES string of the molecule is O=C(Nc1ccncc1)c1ccc(N=Nc2ccc(OS(=O)(=O)F)cc2)cc1. The summed E-state index contributed by atoms with van der Waals surface area (Å²) in [7, 11) is -5.07. The van der Waals surface area contributed by atoms with Crippen molar-refractivity contribution in [1.29, 1.82) is 0 Å². The molecule has 1 heterocycles. The second kappa shape index (κ2) is 8.35. The van der Waals surface area contributed by atoms with Crippen molar-refractivity contribution in [2.24, 2.45) is 10.2 Å². The van der Waals surface area contributed by atoms with Gasteiger partial charge in [-0.3, -0.25) is 9.78 Å². The number of hydrogen-bond donors (Lipinski definition) is 1. The van der Waals surface area contributed by atoms with Gasteiger partial charge < -0.3 is 9.50 Å². The van der Waals surface area contributed by atoms with Crippen molar-refractivity contribution in [3.05, 3.63) is 78.6 Å². The molecule has 0 bridgehead atoms. The van der Waals surface area contributed by atoms with Gasteiger partial charge in [0, 0.05) is 23.6 Å². The zero-order valence-corrected chi connectivity index (χ0v) is 15.0. The number of rotatable bonds is 6. The van der Waals surface area contributed by atoms with E-state index >= 15 is 0 Å². The molecule has 0 fully saturated rings. The first-order valence-corrected chi connectivity index (χ1v) is 9.17. The third-order valence-corrected chi connectivity index (χ3v) is 3.77. The van der Waals surface area contributed by atoms with Crippen molar-refractivity contribution in [2.75, 3.05) is 5.32 Å². The molecule has 1 amide bonds. The Labute approximate surface area is 160 Å². The molecule has 28 heavy (non-hydrogen) atoms. The van der Waals surface area contributed by atoms with E-state index < -0.39 is 10.5 Å². The fourth-order valence-corrected chi connectivity index (χ4v) is 2.46. The Kier molecular flexibility index (Phi) is 5.70. The van der Waals surface area contributed by atoms with Crippen LogP contribution < -0.4 is 9.50 Å². The second-order valence-electron chi connectivity index (χ2n) is 5.41. The maximum absolute atomic E-state index is 12.4. The highest BCUT2D eigenvalue weighted by Gasteiger charge is 2.09. The zero-order valence-electron chi connectivity index (χ0n) is 14.2. The Morgan fingerprint density at radius 2 is 1.43 bits per heavy atom. The molecule has 0 saturated heterocycles. The predicted molar refractivity (Wildman–Crippen MR) is 99.9 cm³/mol. The molecule has 142 valence electrons. The Bertz CT molecular complexity index is 1090. The molecule has 3 rings (SSSR count). The molecular formula is C18H13FN4O4S. The number of halogens is 1. The van der Waals surface area contributed by atoms with Crippen molar-refractivity contribution in [3.63, 3.8) is 0 Å². The number of anilines is 1. The summed E-state index contributed by atoms with van der Waals surface area (Å²) in [5, 5.41) is 10.7. The van der Waals surface area contributed by atoms with E-state index in [0.717, 1.165) is 0 Å². The molecule has 0 spiro atoms. The van der Waals surface area contributed by atoms with Crippen LogP contribution in [-0.4, -0.2) is 19.3 Å². The van der Waals surface area contributed by atoms with Gasteiger partial charge in [0.1, 0.15) is 5.75 Å². The highest BCUT2D eigenvalue weighted by Crippen LogP contribution is 2.22. The minimum Gasteiger partial charge on any atom is -0.358 e. The first-order valence-electron chi connectivity index (χ1n) is 7.86. The summed E-state index contributed by atoms with van der Waals surface area (Å²) < 4.78 is 37.3.